The summed E-state index contributed by atoms with van der Waals surface area (Å²) in [5.74, 6) is 1.00. The number of nitrogens with zero attached hydrogens (tertiary/aromatic N) is 2. The van der Waals surface area contributed by atoms with Crippen LogP contribution in [-0.2, 0) is 0 Å². The molecule has 1 unspecified atom stereocenters. The Morgan fingerprint density at radius 2 is 2.38 bits per heavy atom. The van der Waals surface area contributed by atoms with Crippen LogP contribution in [0.3, 0.4) is 0 Å². The van der Waals surface area contributed by atoms with Gasteiger partial charge in [-0.25, -0.2) is 4.98 Å². The van der Waals surface area contributed by atoms with E-state index in [1.807, 2.05) is 12.1 Å². The third-order valence-electron chi connectivity index (χ3n) is 3.12. The van der Waals surface area contributed by atoms with Crippen LogP contribution in [0, 0.1) is 0 Å². The SMILES string of the molecule is NC1CCCN(c2nccc3occc23)C1. The van der Waals surface area contributed by atoms with Gasteiger partial charge in [-0.05, 0) is 25.0 Å². The molecule has 3 heterocycles. The van der Waals surface area contributed by atoms with E-state index in [1.165, 1.54) is 0 Å². The van der Waals surface area contributed by atoms with E-state index >= 15 is 0 Å². The highest BCUT2D eigenvalue weighted by atomic mass is 16.3. The summed E-state index contributed by atoms with van der Waals surface area (Å²) >= 11 is 0. The number of aromatic nitrogens is 1. The van der Waals surface area contributed by atoms with Crippen molar-refractivity contribution in [3.05, 3.63) is 24.6 Å². The largest absolute Gasteiger partial charge is 0.464 e. The summed E-state index contributed by atoms with van der Waals surface area (Å²) in [7, 11) is 0. The predicted octanol–water partition coefficient (Wildman–Crippen LogP) is 1.76. The number of rotatable bonds is 1. The van der Waals surface area contributed by atoms with Crippen molar-refractivity contribution in [3.63, 3.8) is 0 Å². The summed E-state index contributed by atoms with van der Waals surface area (Å²) in [6.45, 7) is 1.92. The number of piperidine rings is 1. The molecule has 4 heteroatoms. The molecule has 1 aliphatic heterocycles. The first-order valence-electron chi connectivity index (χ1n) is 5.67. The molecule has 2 N–H and O–H groups in total. The van der Waals surface area contributed by atoms with Gasteiger partial charge in [0.15, 0.2) is 0 Å². The van der Waals surface area contributed by atoms with Gasteiger partial charge >= 0.3 is 0 Å². The Bertz CT molecular complexity index is 494. The summed E-state index contributed by atoms with van der Waals surface area (Å²) in [6, 6.07) is 4.12. The van der Waals surface area contributed by atoms with Gasteiger partial charge in [-0.15, -0.1) is 0 Å². The number of anilines is 1. The summed E-state index contributed by atoms with van der Waals surface area (Å²) in [4.78, 5) is 6.70. The lowest BCUT2D eigenvalue weighted by Crippen LogP contribution is -2.43. The topological polar surface area (TPSA) is 55.3 Å². The van der Waals surface area contributed by atoms with Gasteiger partial charge < -0.3 is 15.1 Å². The molecule has 2 aromatic rings. The minimum absolute atomic E-state index is 0.262. The van der Waals surface area contributed by atoms with E-state index in [0.717, 1.165) is 42.7 Å². The highest BCUT2D eigenvalue weighted by molar-refractivity contribution is 5.88. The lowest BCUT2D eigenvalue weighted by molar-refractivity contribution is 0.504. The van der Waals surface area contributed by atoms with E-state index in [1.54, 1.807) is 12.5 Å². The first-order chi connectivity index (χ1) is 7.84. The fourth-order valence-corrected chi connectivity index (χ4v) is 2.33. The molecule has 0 aromatic carbocycles. The van der Waals surface area contributed by atoms with Gasteiger partial charge in [-0.1, -0.05) is 0 Å². The average molecular weight is 217 g/mol. The first kappa shape index (κ1) is 9.66. The first-order valence-corrected chi connectivity index (χ1v) is 5.67. The second-order valence-corrected chi connectivity index (χ2v) is 4.32. The van der Waals surface area contributed by atoms with E-state index in [0.29, 0.717) is 0 Å². The molecule has 0 saturated carbocycles. The molecule has 0 bridgehead atoms. The van der Waals surface area contributed by atoms with Gasteiger partial charge in [-0.3, -0.25) is 0 Å². The molecule has 0 radical (unpaired) electrons. The Kier molecular flexibility index (Phi) is 2.29. The van der Waals surface area contributed by atoms with Crippen LogP contribution in [0.2, 0.25) is 0 Å². The van der Waals surface area contributed by atoms with Gasteiger partial charge in [0.25, 0.3) is 0 Å². The zero-order valence-electron chi connectivity index (χ0n) is 9.10. The average Bonchev–Trinajstić information content (AvgIpc) is 2.76. The molecule has 16 heavy (non-hydrogen) atoms. The maximum atomic E-state index is 5.99. The molecule has 84 valence electrons. The highest BCUT2D eigenvalue weighted by Gasteiger charge is 2.19. The Balaban J connectivity index is 2.01. The van der Waals surface area contributed by atoms with E-state index < -0.39 is 0 Å². The normalized spacial score (nSPS) is 21.6. The van der Waals surface area contributed by atoms with Crippen LogP contribution in [-0.4, -0.2) is 24.1 Å². The molecule has 2 aromatic heterocycles. The summed E-state index contributed by atoms with van der Waals surface area (Å²) in [5.41, 5.74) is 6.88. The van der Waals surface area contributed by atoms with Gasteiger partial charge in [0.1, 0.15) is 11.4 Å². The van der Waals surface area contributed by atoms with Crippen LogP contribution in [0.4, 0.5) is 5.82 Å². The summed E-state index contributed by atoms with van der Waals surface area (Å²) in [6.07, 6.45) is 5.75. The number of furan rings is 1. The number of hydrogen-bond donors (Lipinski definition) is 1. The lowest BCUT2D eigenvalue weighted by atomic mass is 10.1. The fourth-order valence-electron chi connectivity index (χ4n) is 2.33. The van der Waals surface area contributed by atoms with Crippen LogP contribution in [0.25, 0.3) is 11.0 Å². The lowest BCUT2D eigenvalue weighted by Gasteiger charge is -2.31. The van der Waals surface area contributed by atoms with Gasteiger partial charge in [-0.2, -0.15) is 0 Å². The number of fused-ring (bicyclic) bond motifs is 1. The van der Waals surface area contributed by atoms with Crippen molar-refractivity contribution in [2.45, 2.75) is 18.9 Å². The van der Waals surface area contributed by atoms with Gasteiger partial charge in [0.05, 0.1) is 11.6 Å². The summed E-state index contributed by atoms with van der Waals surface area (Å²) < 4.78 is 5.38. The van der Waals surface area contributed by atoms with Crippen LogP contribution in [0.5, 0.6) is 0 Å². The zero-order chi connectivity index (χ0) is 11.0. The van der Waals surface area contributed by atoms with Crippen LogP contribution < -0.4 is 10.6 Å². The van der Waals surface area contributed by atoms with Crippen molar-refractivity contribution in [3.8, 4) is 0 Å². The van der Waals surface area contributed by atoms with Crippen molar-refractivity contribution >= 4 is 16.8 Å². The molecule has 1 aliphatic rings. The Morgan fingerprint density at radius 3 is 3.25 bits per heavy atom. The summed E-state index contributed by atoms with van der Waals surface area (Å²) in [5, 5.41) is 1.08. The van der Waals surface area contributed by atoms with E-state index in [2.05, 4.69) is 9.88 Å². The quantitative estimate of drug-likeness (QED) is 0.790. The molecular formula is C12H15N3O. The second-order valence-electron chi connectivity index (χ2n) is 4.32. The minimum atomic E-state index is 0.262. The number of nitrogens with two attached hydrogens (primary N) is 1. The highest BCUT2D eigenvalue weighted by Crippen LogP contribution is 2.26. The van der Waals surface area contributed by atoms with Gasteiger partial charge in [0, 0.05) is 25.3 Å². The second kappa shape index (κ2) is 3.79. The van der Waals surface area contributed by atoms with Crippen molar-refractivity contribution in [1.29, 1.82) is 0 Å². The van der Waals surface area contributed by atoms with Crippen molar-refractivity contribution < 1.29 is 4.42 Å². The smallest absolute Gasteiger partial charge is 0.139 e. The molecule has 0 aliphatic carbocycles. The molecule has 1 atom stereocenters. The standard InChI is InChI=1S/C12H15N3O/c13-9-2-1-6-15(8-9)12-10-4-7-16-11(10)3-5-14-12/h3-5,7,9H,1-2,6,8,13H2. The Morgan fingerprint density at radius 1 is 1.44 bits per heavy atom. The molecule has 1 saturated heterocycles. The van der Waals surface area contributed by atoms with E-state index in [4.69, 9.17) is 10.2 Å². The number of pyridine rings is 1. The Labute approximate surface area is 94.0 Å². The molecule has 0 spiro atoms. The maximum Gasteiger partial charge on any atom is 0.139 e. The van der Waals surface area contributed by atoms with Gasteiger partial charge in [0.2, 0.25) is 0 Å². The molecule has 0 amide bonds. The monoisotopic (exact) mass is 217 g/mol. The third kappa shape index (κ3) is 1.55. The van der Waals surface area contributed by atoms with Crippen molar-refractivity contribution in [2.24, 2.45) is 5.73 Å². The molecule has 4 nitrogen and oxygen atoms in total. The minimum Gasteiger partial charge on any atom is -0.464 e. The van der Waals surface area contributed by atoms with Crippen LogP contribution in [0.15, 0.2) is 29.0 Å². The van der Waals surface area contributed by atoms with E-state index in [9.17, 15) is 0 Å². The third-order valence-corrected chi connectivity index (χ3v) is 3.12. The molecular weight excluding hydrogens is 202 g/mol. The predicted molar refractivity (Wildman–Crippen MR) is 63.4 cm³/mol. The molecule has 1 fully saturated rings. The van der Waals surface area contributed by atoms with Crippen LogP contribution in [0.1, 0.15) is 12.8 Å². The van der Waals surface area contributed by atoms with Crippen LogP contribution >= 0.6 is 0 Å². The molecule has 3 rings (SSSR count). The zero-order valence-corrected chi connectivity index (χ0v) is 9.10. The maximum absolute atomic E-state index is 5.99. The van der Waals surface area contributed by atoms with Crippen molar-refractivity contribution in [1.82, 2.24) is 4.98 Å². The fraction of sp³-hybridized carbons (Fsp3) is 0.417. The van der Waals surface area contributed by atoms with Crippen molar-refractivity contribution in [2.75, 3.05) is 18.0 Å². The van der Waals surface area contributed by atoms with E-state index in [-0.39, 0.29) is 6.04 Å². The Hall–Kier alpha value is -1.55. The number of hydrogen-bond acceptors (Lipinski definition) is 4.